The molecule has 1 unspecified atom stereocenters. The average Bonchev–Trinajstić information content (AvgIpc) is 2.74. The van der Waals surface area contributed by atoms with Crippen molar-refractivity contribution in [3.05, 3.63) is 16.1 Å². The molecule has 88 valence electrons. The molecule has 1 atom stereocenters. The molecule has 0 radical (unpaired) electrons. The third kappa shape index (κ3) is 2.44. The highest BCUT2D eigenvalue weighted by atomic mass is 79.9. The normalized spacial score (nSPS) is 21.1. The summed E-state index contributed by atoms with van der Waals surface area (Å²) in [5.74, 6) is 0.0780. The van der Waals surface area contributed by atoms with Gasteiger partial charge in [0.15, 0.2) is 0 Å². The lowest BCUT2D eigenvalue weighted by Gasteiger charge is -2.31. The van der Waals surface area contributed by atoms with Gasteiger partial charge in [0.05, 0.1) is 23.9 Å². The van der Waals surface area contributed by atoms with Gasteiger partial charge in [-0.15, -0.1) is 11.3 Å². The van der Waals surface area contributed by atoms with E-state index in [0.717, 1.165) is 15.9 Å². The predicted molar refractivity (Wildman–Crippen MR) is 66.3 cm³/mol. The Bertz CT molecular complexity index is 383. The van der Waals surface area contributed by atoms with Crippen molar-refractivity contribution in [2.24, 2.45) is 0 Å². The number of amides is 1. The number of alkyl halides is 1. The molecule has 1 amide bonds. The molecule has 4 nitrogen and oxygen atoms in total. The number of morpholine rings is 1. The topological polar surface area (TPSA) is 42.4 Å². The quantitative estimate of drug-likeness (QED) is 0.781. The maximum Gasteiger partial charge on any atom is 0.266 e. The van der Waals surface area contributed by atoms with Crippen LogP contribution in [-0.2, 0) is 4.74 Å². The van der Waals surface area contributed by atoms with Crippen molar-refractivity contribution < 1.29 is 9.53 Å². The standard InChI is InChI=1S/C10H13BrN2O2S/c1-7-9(16-6-12-7)10(14)13-2-3-15-8(4-11)5-13/h6,8H,2-5H2,1H3. The predicted octanol–water partition coefficient (Wildman–Crippen LogP) is 1.69. The first-order valence-corrected chi connectivity index (χ1v) is 7.09. The summed E-state index contributed by atoms with van der Waals surface area (Å²) < 4.78 is 5.50. The lowest BCUT2D eigenvalue weighted by molar-refractivity contribution is -0.00949. The molecule has 16 heavy (non-hydrogen) atoms. The molecule has 1 aromatic heterocycles. The second kappa shape index (κ2) is 5.25. The molecule has 0 aliphatic carbocycles. The molecule has 2 heterocycles. The Labute approximate surface area is 107 Å². The number of rotatable bonds is 2. The Kier molecular flexibility index (Phi) is 3.94. The van der Waals surface area contributed by atoms with Crippen molar-refractivity contribution in [2.45, 2.75) is 13.0 Å². The number of thiazole rings is 1. The molecule has 0 saturated carbocycles. The molecule has 0 N–H and O–H groups in total. The first-order valence-electron chi connectivity index (χ1n) is 5.09. The molecule has 1 aromatic rings. The van der Waals surface area contributed by atoms with E-state index in [4.69, 9.17) is 4.74 Å². The van der Waals surface area contributed by atoms with Crippen molar-refractivity contribution in [3.8, 4) is 0 Å². The first kappa shape index (κ1) is 12.0. The molecule has 0 spiro atoms. The van der Waals surface area contributed by atoms with Gasteiger partial charge < -0.3 is 9.64 Å². The summed E-state index contributed by atoms with van der Waals surface area (Å²) in [5.41, 5.74) is 2.53. The number of halogens is 1. The molecule has 1 fully saturated rings. The third-order valence-corrected chi connectivity index (χ3v) is 4.18. The van der Waals surface area contributed by atoms with Gasteiger partial charge in [0.1, 0.15) is 4.88 Å². The Morgan fingerprint density at radius 1 is 1.81 bits per heavy atom. The Morgan fingerprint density at radius 2 is 2.62 bits per heavy atom. The van der Waals surface area contributed by atoms with Crippen molar-refractivity contribution in [2.75, 3.05) is 25.0 Å². The molecule has 1 saturated heterocycles. The van der Waals surface area contributed by atoms with E-state index in [2.05, 4.69) is 20.9 Å². The number of aromatic nitrogens is 1. The highest BCUT2D eigenvalue weighted by Crippen LogP contribution is 2.17. The van der Waals surface area contributed by atoms with Gasteiger partial charge in [-0.1, -0.05) is 15.9 Å². The van der Waals surface area contributed by atoms with Crippen LogP contribution in [-0.4, -0.2) is 46.9 Å². The van der Waals surface area contributed by atoms with Gasteiger partial charge in [0, 0.05) is 18.4 Å². The lowest BCUT2D eigenvalue weighted by atomic mass is 10.2. The lowest BCUT2D eigenvalue weighted by Crippen LogP contribution is -2.46. The van der Waals surface area contributed by atoms with Crippen molar-refractivity contribution >= 4 is 33.2 Å². The van der Waals surface area contributed by atoms with E-state index in [1.807, 2.05) is 11.8 Å². The fourth-order valence-electron chi connectivity index (χ4n) is 1.65. The van der Waals surface area contributed by atoms with Crippen LogP contribution in [0, 0.1) is 6.92 Å². The fourth-order valence-corrected chi connectivity index (χ4v) is 2.81. The minimum atomic E-state index is 0.0780. The Morgan fingerprint density at radius 3 is 3.25 bits per heavy atom. The second-order valence-corrected chi connectivity index (χ2v) is 5.17. The summed E-state index contributed by atoms with van der Waals surface area (Å²) in [4.78, 5) is 18.9. The fraction of sp³-hybridized carbons (Fsp3) is 0.600. The maximum absolute atomic E-state index is 12.2. The Hall–Kier alpha value is -0.460. The van der Waals surface area contributed by atoms with Gasteiger partial charge in [0.25, 0.3) is 5.91 Å². The summed E-state index contributed by atoms with van der Waals surface area (Å²) in [5, 5.41) is 0.762. The number of hydrogen-bond acceptors (Lipinski definition) is 4. The zero-order valence-electron chi connectivity index (χ0n) is 8.98. The van der Waals surface area contributed by atoms with Crippen LogP contribution >= 0.6 is 27.3 Å². The largest absolute Gasteiger partial charge is 0.374 e. The van der Waals surface area contributed by atoms with E-state index in [9.17, 15) is 4.79 Å². The molecule has 1 aliphatic heterocycles. The number of aryl methyl sites for hydroxylation is 1. The van der Waals surface area contributed by atoms with Crippen molar-refractivity contribution in [3.63, 3.8) is 0 Å². The van der Waals surface area contributed by atoms with Crippen molar-refractivity contribution in [1.82, 2.24) is 9.88 Å². The molecule has 0 bridgehead atoms. The highest BCUT2D eigenvalue weighted by Gasteiger charge is 2.26. The number of nitrogens with zero attached hydrogens (tertiary/aromatic N) is 2. The molecule has 6 heteroatoms. The van der Waals surface area contributed by atoms with Gasteiger partial charge in [-0.3, -0.25) is 4.79 Å². The van der Waals surface area contributed by atoms with E-state index < -0.39 is 0 Å². The van der Waals surface area contributed by atoms with E-state index in [-0.39, 0.29) is 12.0 Å². The van der Waals surface area contributed by atoms with E-state index >= 15 is 0 Å². The van der Waals surface area contributed by atoms with Gasteiger partial charge >= 0.3 is 0 Å². The second-order valence-electron chi connectivity index (χ2n) is 3.67. The van der Waals surface area contributed by atoms with Gasteiger partial charge in [-0.05, 0) is 6.92 Å². The van der Waals surface area contributed by atoms with E-state index in [1.165, 1.54) is 11.3 Å². The zero-order chi connectivity index (χ0) is 11.5. The molecule has 1 aliphatic rings. The number of carbonyl (C=O) groups is 1. The van der Waals surface area contributed by atoms with E-state index in [1.54, 1.807) is 5.51 Å². The molecular formula is C10H13BrN2O2S. The molecule has 0 aromatic carbocycles. The summed E-state index contributed by atoms with van der Waals surface area (Å²) in [6.07, 6.45) is 0.103. The summed E-state index contributed by atoms with van der Waals surface area (Å²) >= 11 is 4.78. The van der Waals surface area contributed by atoms with Crippen LogP contribution in [0.4, 0.5) is 0 Å². The van der Waals surface area contributed by atoms with Crippen molar-refractivity contribution in [1.29, 1.82) is 0 Å². The SMILES string of the molecule is Cc1ncsc1C(=O)N1CCOC(CBr)C1. The first-order chi connectivity index (χ1) is 7.72. The van der Waals surface area contributed by atoms with E-state index in [0.29, 0.717) is 19.7 Å². The zero-order valence-corrected chi connectivity index (χ0v) is 11.4. The average molecular weight is 305 g/mol. The van der Waals surface area contributed by atoms with Crippen LogP contribution in [0.15, 0.2) is 5.51 Å². The molecule has 2 rings (SSSR count). The minimum Gasteiger partial charge on any atom is -0.374 e. The highest BCUT2D eigenvalue weighted by molar-refractivity contribution is 9.09. The van der Waals surface area contributed by atoms with Gasteiger partial charge in [-0.25, -0.2) is 4.98 Å². The summed E-state index contributed by atoms with van der Waals surface area (Å²) in [6.45, 7) is 3.80. The van der Waals surface area contributed by atoms with Crippen LogP contribution in [0.2, 0.25) is 0 Å². The maximum atomic E-state index is 12.2. The Balaban J connectivity index is 2.07. The summed E-state index contributed by atoms with van der Waals surface area (Å²) in [6, 6.07) is 0. The number of carbonyl (C=O) groups excluding carboxylic acids is 1. The van der Waals surface area contributed by atoms with Crippen LogP contribution in [0.1, 0.15) is 15.4 Å². The monoisotopic (exact) mass is 304 g/mol. The number of ether oxygens (including phenoxy) is 1. The third-order valence-electron chi connectivity index (χ3n) is 2.54. The number of hydrogen-bond donors (Lipinski definition) is 0. The summed E-state index contributed by atoms with van der Waals surface area (Å²) in [7, 11) is 0. The van der Waals surface area contributed by atoms with Crippen LogP contribution in [0.5, 0.6) is 0 Å². The smallest absolute Gasteiger partial charge is 0.266 e. The van der Waals surface area contributed by atoms with Crippen LogP contribution in [0.25, 0.3) is 0 Å². The van der Waals surface area contributed by atoms with Crippen LogP contribution in [0.3, 0.4) is 0 Å². The molecular weight excluding hydrogens is 292 g/mol. The van der Waals surface area contributed by atoms with Crippen LogP contribution < -0.4 is 0 Å². The van der Waals surface area contributed by atoms with Gasteiger partial charge in [-0.2, -0.15) is 0 Å². The van der Waals surface area contributed by atoms with Gasteiger partial charge in [0.2, 0.25) is 0 Å². The minimum absolute atomic E-state index is 0.0780.